The van der Waals surface area contributed by atoms with Gasteiger partial charge in [0, 0.05) is 12.1 Å². The first kappa shape index (κ1) is 14.2. The molecule has 0 saturated carbocycles. The summed E-state index contributed by atoms with van der Waals surface area (Å²) >= 11 is 11.8. The molecule has 3 rings (SSSR count). The summed E-state index contributed by atoms with van der Waals surface area (Å²) < 4.78 is 13.1. The number of nitrogens with one attached hydrogen (secondary N) is 2. The molecule has 1 amide bonds. The highest BCUT2D eigenvalue weighted by atomic mass is 35.5. The van der Waals surface area contributed by atoms with Crippen molar-refractivity contribution in [3.8, 4) is 0 Å². The highest BCUT2D eigenvalue weighted by Gasteiger charge is 2.27. The number of carbonyl (C=O) groups excluding carboxylic acids is 1. The van der Waals surface area contributed by atoms with Crippen LogP contribution < -0.4 is 10.6 Å². The van der Waals surface area contributed by atoms with E-state index in [4.69, 9.17) is 23.2 Å². The number of hydrogen-bond donors (Lipinski definition) is 2. The fourth-order valence-corrected chi connectivity index (χ4v) is 2.88. The maximum Gasteiger partial charge on any atom is 0.247 e. The molecule has 6 heteroatoms. The molecule has 0 spiro atoms. The van der Waals surface area contributed by atoms with Crippen molar-refractivity contribution in [1.29, 1.82) is 0 Å². The molecule has 1 heterocycles. The number of rotatable bonds is 2. The van der Waals surface area contributed by atoms with Gasteiger partial charge in [-0.15, -0.1) is 0 Å². The molecular weight excluding hydrogens is 314 g/mol. The van der Waals surface area contributed by atoms with E-state index in [-0.39, 0.29) is 21.6 Å². The van der Waals surface area contributed by atoms with Gasteiger partial charge in [0.15, 0.2) is 0 Å². The van der Waals surface area contributed by atoms with Crippen LogP contribution in [0, 0.1) is 5.82 Å². The third-order valence-corrected chi connectivity index (χ3v) is 3.94. The molecular formula is C15H11Cl2FN2O. The predicted octanol–water partition coefficient (Wildman–Crippen LogP) is 4.11. The Morgan fingerprint density at radius 3 is 2.57 bits per heavy atom. The molecule has 1 aliphatic rings. The normalized spacial score (nSPS) is 16.2. The Morgan fingerprint density at radius 2 is 1.90 bits per heavy atom. The third-order valence-electron chi connectivity index (χ3n) is 3.34. The molecule has 0 aliphatic carbocycles. The Kier molecular flexibility index (Phi) is 3.74. The van der Waals surface area contributed by atoms with Crippen molar-refractivity contribution in [2.45, 2.75) is 12.5 Å². The summed E-state index contributed by atoms with van der Waals surface area (Å²) in [5, 5.41) is 5.93. The van der Waals surface area contributed by atoms with Gasteiger partial charge >= 0.3 is 0 Å². The minimum absolute atomic E-state index is 0.0730. The van der Waals surface area contributed by atoms with Crippen LogP contribution in [0.5, 0.6) is 0 Å². The molecule has 1 aliphatic heterocycles. The van der Waals surface area contributed by atoms with Gasteiger partial charge in [0.05, 0.1) is 15.7 Å². The average molecular weight is 325 g/mol. The first-order valence-electron chi connectivity index (χ1n) is 6.34. The molecule has 2 N–H and O–H groups in total. The number of carbonyl (C=O) groups is 1. The molecule has 1 atom stereocenters. The summed E-state index contributed by atoms with van der Waals surface area (Å²) in [6.07, 6.45) is 0.582. The topological polar surface area (TPSA) is 41.1 Å². The number of amides is 1. The van der Waals surface area contributed by atoms with Crippen LogP contribution in [-0.2, 0) is 11.2 Å². The van der Waals surface area contributed by atoms with Crippen molar-refractivity contribution in [3.63, 3.8) is 0 Å². The van der Waals surface area contributed by atoms with Gasteiger partial charge < -0.3 is 10.6 Å². The van der Waals surface area contributed by atoms with Crippen molar-refractivity contribution in [3.05, 3.63) is 57.8 Å². The van der Waals surface area contributed by atoms with E-state index in [0.29, 0.717) is 6.42 Å². The number of halogens is 3. The molecule has 3 nitrogen and oxygen atoms in total. The lowest BCUT2D eigenvalue weighted by Crippen LogP contribution is -2.33. The first-order chi connectivity index (χ1) is 10.0. The van der Waals surface area contributed by atoms with Crippen molar-refractivity contribution in [1.82, 2.24) is 0 Å². The monoisotopic (exact) mass is 324 g/mol. The van der Waals surface area contributed by atoms with Gasteiger partial charge in [-0.25, -0.2) is 4.39 Å². The average Bonchev–Trinajstić information content (AvgIpc) is 2.86. The van der Waals surface area contributed by atoms with E-state index in [1.807, 2.05) is 24.3 Å². The molecule has 108 valence electrons. The highest BCUT2D eigenvalue weighted by molar-refractivity contribution is 6.39. The quantitative estimate of drug-likeness (QED) is 0.872. The minimum atomic E-state index is -0.547. The zero-order valence-corrected chi connectivity index (χ0v) is 12.3. The van der Waals surface area contributed by atoms with Crippen LogP contribution in [0.1, 0.15) is 5.56 Å². The summed E-state index contributed by atoms with van der Waals surface area (Å²) in [4.78, 5) is 12.3. The lowest BCUT2D eigenvalue weighted by molar-refractivity contribution is -0.116. The van der Waals surface area contributed by atoms with Crippen LogP contribution in [0.25, 0.3) is 0 Å². The largest absolute Gasteiger partial charge is 0.373 e. The van der Waals surface area contributed by atoms with Crippen LogP contribution in [0.4, 0.5) is 15.8 Å². The Morgan fingerprint density at radius 1 is 1.24 bits per heavy atom. The fraction of sp³-hybridized carbons (Fsp3) is 0.133. The number of fused-ring (bicyclic) bond motifs is 1. The molecule has 0 aromatic heterocycles. The van der Waals surface area contributed by atoms with Crippen molar-refractivity contribution < 1.29 is 9.18 Å². The summed E-state index contributed by atoms with van der Waals surface area (Å²) in [7, 11) is 0. The van der Waals surface area contributed by atoms with Crippen molar-refractivity contribution in [2.24, 2.45) is 0 Å². The maximum absolute atomic E-state index is 13.1. The number of hydrogen-bond acceptors (Lipinski definition) is 2. The Labute approximate surface area is 131 Å². The zero-order valence-electron chi connectivity index (χ0n) is 10.8. The second-order valence-electron chi connectivity index (χ2n) is 4.79. The minimum Gasteiger partial charge on any atom is -0.373 e. The third kappa shape index (κ3) is 2.82. The summed E-state index contributed by atoms with van der Waals surface area (Å²) in [6.45, 7) is 0. The first-order valence-corrected chi connectivity index (χ1v) is 7.10. The molecule has 0 saturated heterocycles. The Balaban J connectivity index is 1.77. The maximum atomic E-state index is 13.1. The van der Waals surface area contributed by atoms with E-state index in [0.717, 1.165) is 23.4 Å². The smallest absolute Gasteiger partial charge is 0.247 e. The molecule has 21 heavy (non-hydrogen) atoms. The lowest BCUT2D eigenvalue weighted by Gasteiger charge is -2.14. The van der Waals surface area contributed by atoms with E-state index in [1.54, 1.807) is 0 Å². The summed E-state index contributed by atoms with van der Waals surface area (Å²) in [5.74, 6) is -0.809. The zero-order chi connectivity index (χ0) is 15.0. The standard InChI is InChI=1S/C15H11Cl2FN2O/c16-10-6-9(18)7-11(17)14(10)20-15(21)13-5-8-3-1-2-4-12(8)19-13/h1-4,6-7,13,19H,5H2,(H,20,21)/t13-/m0/s1. The molecule has 0 bridgehead atoms. The van der Waals surface area contributed by atoms with E-state index in [1.165, 1.54) is 0 Å². The molecule has 0 unspecified atom stereocenters. The van der Waals surface area contributed by atoms with E-state index >= 15 is 0 Å². The van der Waals surface area contributed by atoms with Crippen molar-refractivity contribution >= 4 is 40.5 Å². The van der Waals surface area contributed by atoms with Gasteiger partial charge in [0.2, 0.25) is 5.91 Å². The Hall–Kier alpha value is -1.78. The van der Waals surface area contributed by atoms with Gasteiger partial charge in [0.1, 0.15) is 11.9 Å². The van der Waals surface area contributed by atoms with Crippen LogP contribution in [0.3, 0.4) is 0 Å². The van der Waals surface area contributed by atoms with Crippen LogP contribution in [0.15, 0.2) is 36.4 Å². The predicted molar refractivity (Wildman–Crippen MR) is 82.6 cm³/mol. The van der Waals surface area contributed by atoms with Crippen LogP contribution >= 0.6 is 23.2 Å². The SMILES string of the molecule is O=C(Nc1c(Cl)cc(F)cc1Cl)[C@@H]1Cc2ccccc2N1. The summed E-state index contributed by atoms with van der Waals surface area (Å²) in [5.41, 5.74) is 2.24. The van der Waals surface area contributed by atoms with Crippen molar-refractivity contribution in [2.75, 3.05) is 10.6 Å². The number of para-hydroxylation sites is 1. The second kappa shape index (κ2) is 5.54. The molecule has 0 radical (unpaired) electrons. The fourth-order valence-electron chi connectivity index (χ4n) is 2.33. The van der Waals surface area contributed by atoms with Crippen LogP contribution in [0.2, 0.25) is 10.0 Å². The van der Waals surface area contributed by atoms with E-state index in [2.05, 4.69) is 10.6 Å². The highest BCUT2D eigenvalue weighted by Crippen LogP contribution is 2.32. The van der Waals surface area contributed by atoms with Gasteiger partial charge in [-0.05, 0) is 23.8 Å². The van der Waals surface area contributed by atoms with Gasteiger partial charge in [-0.1, -0.05) is 41.4 Å². The molecule has 0 fully saturated rings. The number of anilines is 2. The van der Waals surface area contributed by atoms with Gasteiger partial charge in [-0.2, -0.15) is 0 Å². The lowest BCUT2D eigenvalue weighted by atomic mass is 10.1. The number of benzene rings is 2. The van der Waals surface area contributed by atoms with E-state index < -0.39 is 11.9 Å². The van der Waals surface area contributed by atoms with E-state index in [9.17, 15) is 9.18 Å². The molecule has 2 aromatic rings. The van der Waals surface area contributed by atoms with Crippen LogP contribution in [-0.4, -0.2) is 11.9 Å². The second-order valence-corrected chi connectivity index (χ2v) is 5.61. The molecule has 2 aromatic carbocycles. The van der Waals surface area contributed by atoms with Gasteiger partial charge in [0.25, 0.3) is 0 Å². The summed E-state index contributed by atoms with van der Waals surface area (Å²) in [6, 6.07) is 9.53. The van der Waals surface area contributed by atoms with Gasteiger partial charge in [-0.3, -0.25) is 4.79 Å². The Bertz CT molecular complexity index is 673.